The number of fused-ring (bicyclic) bond motifs is 5. The SMILES string of the molecule is C=C1C[C@H]2[C@@H]3CC=C4C=C(OC)CC[C@]4(C)[C@H]3CC[C@]2(C)[C@H]1C#N. The van der Waals surface area contributed by atoms with Crippen molar-refractivity contribution in [2.45, 2.75) is 52.4 Å². The third-order valence-electron chi connectivity index (χ3n) is 8.11. The van der Waals surface area contributed by atoms with Crippen LogP contribution in [0.1, 0.15) is 52.4 Å². The number of hydrogen-bond donors (Lipinski definition) is 0. The van der Waals surface area contributed by atoms with Crippen molar-refractivity contribution in [3.8, 4) is 6.07 Å². The molecule has 4 aliphatic carbocycles. The van der Waals surface area contributed by atoms with Crippen LogP contribution in [-0.2, 0) is 4.74 Å². The highest BCUT2D eigenvalue weighted by atomic mass is 16.5. The number of rotatable bonds is 1. The van der Waals surface area contributed by atoms with Crippen molar-refractivity contribution in [2.75, 3.05) is 7.11 Å². The maximum absolute atomic E-state index is 9.69. The molecule has 128 valence electrons. The average Bonchev–Trinajstić information content (AvgIpc) is 2.83. The topological polar surface area (TPSA) is 33.0 Å². The minimum atomic E-state index is 0.0629. The molecule has 0 aromatic heterocycles. The van der Waals surface area contributed by atoms with Crippen LogP contribution in [0.15, 0.2) is 35.6 Å². The molecule has 0 bridgehead atoms. The van der Waals surface area contributed by atoms with Crippen molar-refractivity contribution >= 4 is 0 Å². The molecule has 2 fully saturated rings. The van der Waals surface area contributed by atoms with Crippen LogP contribution in [0.3, 0.4) is 0 Å². The second kappa shape index (κ2) is 5.25. The molecule has 2 nitrogen and oxygen atoms in total. The maximum Gasteiger partial charge on any atom is 0.0958 e. The standard InChI is InChI=1S/C22H29NO/c1-14-11-19-17-6-5-15-12-16(24-4)7-9-21(15,2)18(17)8-10-22(19,3)20(14)13-23/h5,12,17-20H,1,6-11H2,2-4H3/t17-,18+,19+,20+,21+,22+/m1/s1. The Morgan fingerprint density at radius 3 is 2.79 bits per heavy atom. The van der Waals surface area contributed by atoms with E-state index in [4.69, 9.17) is 4.74 Å². The average molecular weight is 323 g/mol. The van der Waals surface area contributed by atoms with E-state index in [1.807, 2.05) is 0 Å². The van der Waals surface area contributed by atoms with E-state index in [9.17, 15) is 5.26 Å². The number of nitriles is 1. The summed E-state index contributed by atoms with van der Waals surface area (Å²) in [5.41, 5.74) is 3.13. The van der Waals surface area contributed by atoms with Crippen molar-refractivity contribution in [2.24, 2.45) is 34.5 Å². The van der Waals surface area contributed by atoms with E-state index in [-0.39, 0.29) is 11.3 Å². The lowest BCUT2D eigenvalue weighted by molar-refractivity contribution is -0.0292. The Balaban J connectivity index is 1.71. The van der Waals surface area contributed by atoms with Gasteiger partial charge in [0.2, 0.25) is 0 Å². The molecule has 0 heterocycles. The molecule has 0 spiro atoms. The molecule has 0 radical (unpaired) electrons. The number of ether oxygens (including phenoxy) is 1. The van der Waals surface area contributed by atoms with E-state index in [2.05, 4.69) is 38.6 Å². The summed E-state index contributed by atoms with van der Waals surface area (Å²) >= 11 is 0. The Morgan fingerprint density at radius 2 is 2.08 bits per heavy atom. The van der Waals surface area contributed by atoms with Crippen LogP contribution in [0.25, 0.3) is 0 Å². The van der Waals surface area contributed by atoms with E-state index in [0.29, 0.717) is 17.3 Å². The van der Waals surface area contributed by atoms with Gasteiger partial charge in [0.05, 0.1) is 24.9 Å². The van der Waals surface area contributed by atoms with Crippen LogP contribution in [0.2, 0.25) is 0 Å². The zero-order valence-corrected chi connectivity index (χ0v) is 15.3. The third kappa shape index (κ3) is 1.94. The molecule has 0 aliphatic heterocycles. The second-order valence-corrected chi connectivity index (χ2v) is 8.97. The van der Waals surface area contributed by atoms with E-state index in [0.717, 1.165) is 30.9 Å². The van der Waals surface area contributed by atoms with E-state index < -0.39 is 0 Å². The molecule has 2 saturated carbocycles. The van der Waals surface area contributed by atoms with Crippen molar-refractivity contribution < 1.29 is 4.74 Å². The van der Waals surface area contributed by atoms with Crippen LogP contribution in [0.5, 0.6) is 0 Å². The molecule has 4 rings (SSSR count). The van der Waals surface area contributed by atoms with E-state index in [1.54, 1.807) is 7.11 Å². The molecule has 0 aromatic carbocycles. The highest BCUT2D eigenvalue weighted by Gasteiger charge is 2.59. The second-order valence-electron chi connectivity index (χ2n) is 8.97. The lowest BCUT2D eigenvalue weighted by atomic mass is 9.48. The summed E-state index contributed by atoms with van der Waals surface area (Å²) in [6.45, 7) is 9.11. The molecule has 24 heavy (non-hydrogen) atoms. The molecule has 0 saturated heterocycles. The predicted molar refractivity (Wildman–Crippen MR) is 95.8 cm³/mol. The van der Waals surface area contributed by atoms with Gasteiger partial charge in [0.15, 0.2) is 0 Å². The van der Waals surface area contributed by atoms with Crippen LogP contribution in [-0.4, -0.2) is 7.11 Å². The number of hydrogen-bond acceptors (Lipinski definition) is 2. The van der Waals surface area contributed by atoms with E-state index >= 15 is 0 Å². The van der Waals surface area contributed by atoms with Gasteiger partial charge in [-0.05, 0) is 72.3 Å². The van der Waals surface area contributed by atoms with Gasteiger partial charge in [-0.25, -0.2) is 0 Å². The van der Waals surface area contributed by atoms with Gasteiger partial charge >= 0.3 is 0 Å². The number of allylic oxidation sites excluding steroid dienone is 5. The molecule has 0 unspecified atom stereocenters. The fraction of sp³-hybridized carbons (Fsp3) is 0.682. The first kappa shape index (κ1) is 16.0. The Bertz CT molecular complexity index is 681. The molecule has 4 aliphatic rings. The molecule has 0 aromatic rings. The van der Waals surface area contributed by atoms with Crippen LogP contribution in [0.4, 0.5) is 0 Å². The first-order chi connectivity index (χ1) is 11.4. The summed E-state index contributed by atoms with van der Waals surface area (Å²) in [6.07, 6.45) is 11.7. The molecule has 2 heteroatoms. The molecule has 0 N–H and O–H groups in total. The quantitative estimate of drug-likeness (QED) is 0.606. The normalized spacial score (nSPS) is 46.8. The van der Waals surface area contributed by atoms with Crippen LogP contribution >= 0.6 is 0 Å². The van der Waals surface area contributed by atoms with Crippen molar-refractivity contribution in [1.29, 1.82) is 5.26 Å². The van der Waals surface area contributed by atoms with Crippen molar-refractivity contribution in [3.63, 3.8) is 0 Å². The van der Waals surface area contributed by atoms with Gasteiger partial charge in [0.25, 0.3) is 0 Å². The van der Waals surface area contributed by atoms with Gasteiger partial charge in [-0.1, -0.05) is 32.1 Å². The zero-order valence-electron chi connectivity index (χ0n) is 15.3. The molecule has 0 amide bonds. The third-order valence-corrected chi connectivity index (χ3v) is 8.11. The van der Waals surface area contributed by atoms with Gasteiger partial charge in [-0.15, -0.1) is 0 Å². The fourth-order valence-corrected chi connectivity index (χ4v) is 6.66. The molecule has 6 atom stereocenters. The fourth-order valence-electron chi connectivity index (χ4n) is 6.66. The lowest BCUT2D eigenvalue weighted by Crippen LogP contribution is -2.49. The van der Waals surface area contributed by atoms with Crippen LogP contribution in [0, 0.1) is 45.8 Å². The summed E-state index contributed by atoms with van der Waals surface area (Å²) in [4.78, 5) is 0. The minimum Gasteiger partial charge on any atom is -0.501 e. The Morgan fingerprint density at radius 1 is 1.29 bits per heavy atom. The van der Waals surface area contributed by atoms with Gasteiger partial charge in [-0.2, -0.15) is 5.26 Å². The molecular formula is C22H29NO. The van der Waals surface area contributed by atoms with Gasteiger partial charge < -0.3 is 4.74 Å². The van der Waals surface area contributed by atoms with E-state index in [1.165, 1.54) is 30.4 Å². The summed E-state index contributed by atoms with van der Waals surface area (Å²) in [5.74, 6) is 3.29. The van der Waals surface area contributed by atoms with Gasteiger partial charge in [-0.3, -0.25) is 0 Å². The van der Waals surface area contributed by atoms with Crippen LogP contribution < -0.4 is 0 Å². The smallest absolute Gasteiger partial charge is 0.0958 e. The summed E-state index contributed by atoms with van der Waals surface area (Å²) < 4.78 is 5.52. The number of nitrogens with zero attached hydrogens (tertiary/aromatic N) is 1. The largest absolute Gasteiger partial charge is 0.501 e. The maximum atomic E-state index is 9.69. The minimum absolute atomic E-state index is 0.0629. The van der Waals surface area contributed by atoms with Gasteiger partial charge in [0.1, 0.15) is 0 Å². The highest BCUT2D eigenvalue weighted by molar-refractivity contribution is 5.37. The lowest BCUT2D eigenvalue weighted by Gasteiger charge is -2.56. The first-order valence-electron chi connectivity index (χ1n) is 9.46. The molecular weight excluding hydrogens is 294 g/mol. The predicted octanol–water partition coefficient (Wildman–Crippen LogP) is 5.40. The zero-order chi connectivity index (χ0) is 17.1. The van der Waals surface area contributed by atoms with Crippen molar-refractivity contribution in [3.05, 3.63) is 35.6 Å². The first-order valence-corrected chi connectivity index (χ1v) is 9.46. The summed E-state index contributed by atoms with van der Waals surface area (Å²) in [6, 6.07) is 2.59. The van der Waals surface area contributed by atoms with Gasteiger partial charge in [0, 0.05) is 6.42 Å². The van der Waals surface area contributed by atoms with Crippen molar-refractivity contribution in [1.82, 2.24) is 0 Å². The summed E-state index contributed by atoms with van der Waals surface area (Å²) in [7, 11) is 1.79. The summed E-state index contributed by atoms with van der Waals surface area (Å²) in [5, 5.41) is 9.69. The monoisotopic (exact) mass is 323 g/mol. The highest BCUT2D eigenvalue weighted by Crippen LogP contribution is 2.66. The Hall–Kier alpha value is -1.49. The number of methoxy groups -OCH3 is 1. The Labute approximate surface area is 146 Å². The Kier molecular flexibility index (Phi) is 3.50.